The third-order valence-electron chi connectivity index (χ3n) is 3.16. The fraction of sp³-hybridized carbons (Fsp3) is 0.125. The minimum Gasteiger partial charge on any atom is -0.437 e. The molecule has 0 atom stereocenters. The van der Waals surface area contributed by atoms with Crippen LogP contribution in [0.4, 0.5) is 5.69 Å². The number of nitrogens with two attached hydrogens (primary N) is 1. The molecule has 0 spiro atoms. The molecule has 0 amide bonds. The summed E-state index contributed by atoms with van der Waals surface area (Å²) >= 11 is 0. The molecule has 0 saturated heterocycles. The molecule has 0 aliphatic carbocycles. The van der Waals surface area contributed by atoms with Crippen LogP contribution in [0.2, 0.25) is 0 Å². The molecule has 100 valence electrons. The zero-order valence-corrected chi connectivity index (χ0v) is 11.4. The van der Waals surface area contributed by atoms with Crippen molar-refractivity contribution >= 4 is 16.6 Å². The first-order valence-electron chi connectivity index (χ1n) is 6.40. The normalized spacial score (nSPS) is 10.7. The number of para-hydroxylation sites is 1. The molecule has 20 heavy (non-hydrogen) atoms. The Hall–Kier alpha value is -2.62. The molecule has 0 unspecified atom stereocenters. The number of hydrogen-bond acceptors (Lipinski definition) is 4. The Morgan fingerprint density at radius 2 is 1.95 bits per heavy atom. The Bertz CT molecular complexity index is 784. The molecule has 4 nitrogen and oxygen atoms in total. The predicted molar refractivity (Wildman–Crippen MR) is 79.9 cm³/mol. The molecule has 1 aromatic carbocycles. The molecule has 2 aromatic heterocycles. The van der Waals surface area contributed by atoms with Gasteiger partial charge in [0.05, 0.1) is 11.9 Å². The number of ether oxygens (including phenoxy) is 1. The molecule has 4 heteroatoms. The van der Waals surface area contributed by atoms with E-state index in [-0.39, 0.29) is 0 Å². The van der Waals surface area contributed by atoms with Crippen LogP contribution < -0.4 is 10.5 Å². The highest BCUT2D eigenvalue weighted by Crippen LogP contribution is 2.28. The topological polar surface area (TPSA) is 61.0 Å². The van der Waals surface area contributed by atoms with E-state index < -0.39 is 0 Å². The van der Waals surface area contributed by atoms with Gasteiger partial charge in [0, 0.05) is 17.1 Å². The van der Waals surface area contributed by atoms with E-state index in [4.69, 9.17) is 10.5 Å². The summed E-state index contributed by atoms with van der Waals surface area (Å²) in [6.45, 7) is 3.89. The van der Waals surface area contributed by atoms with Gasteiger partial charge in [0.25, 0.3) is 0 Å². The minimum atomic E-state index is 0.521. The van der Waals surface area contributed by atoms with Gasteiger partial charge < -0.3 is 10.5 Å². The van der Waals surface area contributed by atoms with Gasteiger partial charge in [-0.05, 0) is 31.5 Å². The average Bonchev–Trinajstić information content (AvgIpc) is 2.44. The van der Waals surface area contributed by atoms with Crippen molar-refractivity contribution in [1.82, 2.24) is 9.97 Å². The standard InChI is InChI=1S/C16H15N3O/c1-10-8-15(18-9-13(10)17)20-14-5-3-4-12-7-6-11(2)19-16(12)14/h3-9H,17H2,1-2H3. The highest BCUT2D eigenvalue weighted by Gasteiger charge is 2.07. The second-order valence-corrected chi connectivity index (χ2v) is 4.76. The fourth-order valence-corrected chi connectivity index (χ4v) is 2.01. The number of fused-ring (bicyclic) bond motifs is 1. The zero-order valence-electron chi connectivity index (χ0n) is 11.4. The van der Waals surface area contributed by atoms with Crippen molar-refractivity contribution in [2.45, 2.75) is 13.8 Å². The monoisotopic (exact) mass is 265 g/mol. The summed E-state index contributed by atoms with van der Waals surface area (Å²) in [6.07, 6.45) is 1.61. The second-order valence-electron chi connectivity index (χ2n) is 4.76. The Morgan fingerprint density at radius 3 is 2.75 bits per heavy atom. The molecule has 0 bridgehead atoms. The number of aryl methyl sites for hydroxylation is 2. The summed E-state index contributed by atoms with van der Waals surface area (Å²) in [7, 11) is 0. The second kappa shape index (κ2) is 4.81. The first-order valence-corrected chi connectivity index (χ1v) is 6.40. The van der Waals surface area contributed by atoms with E-state index in [0.29, 0.717) is 17.3 Å². The molecule has 0 aliphatic heterocycles. The SMILES string of the molecule is Cc1ccc2cccc(Oc3cc(C)c(N)cn3)c2n1. The lowest BCUT2D eigenvalue weighted by Crippen LogP contribution is -1.95. The molecule has 2 N–H and O–H groups in total. The van der Waals surface area contributed by atoms with Gasteiger partial charge in [-0.2, -0.15) is 0 Å². The minimum absolute atomic E-state index is 0.521. The van der Waals surface area contributed by atoms with Crippen LogP contribution in [0.5, 0.6) is 11.6 Å². The summed E-state index contributed by atoms with van der Waals surface area (Å²) in [6, 6.07) is 11.7. The van der Waals surface area contributed by atoms with E-state index in [2.05, 4.69) is 9.97 Å². The van der Waals surface area contributed by atoms with E-state index in [1.807, 2.05) is 50.2 Å². The lowest BCUT2D eigenvalue weighted by molar-refractivity contribution is 0.467. The lowest BCUT2D eigenvalue weighted by Gasteiger charge is -2.09. The predicted octanol–water partition coefficient (Wildman–Crippen LogP) is 3.62. The van der Waals surface area contributed by atoms with Gasteiger partial charge in [0.1, 0.15) is 5.52 Å². The van der Waals surface area contributed by atoms with Crippen molar-refractivity contribution in [1.29, 1.82) is 0 Å². The largest absolute Gasteiger partial charge is 0.437 e. The summed E-state index contributed by atoms with van der Waals surface area (Å²) in [5, 5.41) is 1.04. The molecular formula is C16H15N3O. The number of anilines is 1. The van der Waals surface area contributed by atoms with Crippen LogP contribution in [0.15, 0.2) is 42.6 Å². The average molecular weight is 265 g/mol. The van der Waals surface area contributed by atoms with Crippen molar-refractivity contribution in [3.63, 3.8) is 0 Å². The highest BCUT2D eigenvalue weighted by molar-refractivity contribution is 5.84. The van der Waals surface area contributed by atoms with Crippen molar-refractivity contribution in [2.24, 2.45) is 0 Å². The smallest absolute Gasteiger partial charge is 0.219 e. The summed E-state index contributed by atoms with van der Waals surface area (Å²) < 4.78 is 5.85. The van der Waals surface area contributed by atoms with Crippen molar-refractivity contribution in [3.05, 3.63) is 53.9 Å². The maximum atomic E-state index is 5.85. The van der Waals surface area contributed by atoms with Crippen LogP contribution in [-0.2, 0) is 0 Å². The first-order chi connectivity index (χ1) is 9.63. The Balaban J connectivity index is 2.05. The van der Waals surface area contributed by atoms with Crippen molar-refractivity contribution in [3.8, 4) is 11.6 Å². The number of rotatable bonds is 2. The van der Waals surface area contributed by atoms with Crippen LogP contribution in [0.25, 0.3) is 10.9 Å². The fourth-order valence-electron chi connectivity index (χ4n) is 2.01. The van der Waals surface area contributed by atoms with E-state index in [9.17, 15) is 0 Å². The molecule has 0 fully saturated rings. The number of pyridine rings is 2. The van der Waals surface area contributed by atoms with Gasteiger partial charge in [0.15, 0.2) is 5.75 Å². The molecule has 2 heterocycles. The van der Waals surface area contributed by atoms with Gasteiger partial charge in [-0.1, -0.05) is 18.2 Å². The van der Waals surface area contributed by atoms with Crippen LogP contribution in [0.1, 0.15) is 11.3 Å². The molecule has 0 saturated carbocycles. The van der Waals surface area contributed by atoms with Crippen LogP contribution in [0.3, 0.4) is 0 Å². The first kappa shape index (κ1) is 12.4. The maximum Gasteiger partial charge on any atom is 0.219 e. The molecule has 3 aromatic rings. The third kappa shape index (κ3) is 2.28. The van der Waals surface area contributed by atoms with E-state index in [0.717, 1.165) is 22.2 Å². The molecule has 0 aliphatic rings. The number of aromatic nitrogens is 2. The van der Waals surface area contributed by atoms with E-state index in [1.54, 1.807) is 6.20 Å². The highest BCUT2D eigenvalue weighted by atomic mass is 16.5. The Labute approximate surface area is 117 Å². The van der Waals surface area contributed by atoms with Gasteiger partial charge in [-0.3, -0.25) is 0 Å². The van der Waals surface area contributed by atoms with Gasteiger partial charge in [-0.15, -0.1) is 0 Å². The summed E-state index contributed by atoms with van der Waals surface area (Å²) in [4.78, 5) is 8.72. The summed E-state index contributed by atoms with van der Waals surface area (Å²) in [5.41, 5.74) is 9.15. The zero-order chi connectivity index (χ0) is 14.1. The maximum absolute atomic E-state index is 5.85. The number of hydrogen-bond donors (Lipinski definition) is 1. The number of nitrogens with zero attached hydrogens (tertiary/aromatic N) is 2. The van der Waals surface area contributed by atoms with Gasteiger partial charge >= 0.3 is 0 Å². The summed E-state index contributed by atoms with van der Waals surface area (Å²) in [5.74, 6) is 1.22. The Kier molecular flexibility index (Phi) is 2.99. The van der Waals surface area contributed by atoms with Gasteiger partial charge in [-0.25, -0.2) is 9.97 Å². The lowest BCUT2D eigenvalue weighted by atomic mass is 10.2. The van der Waals surface area contributed by atoms with Crippen molar-refractivity contribution in [2.75, 3.05) is 5.73 Å². The van der Waals surface area contributed by atoms with Gasteiger partial charge in [0.2, 0.25) is 5.88 Å². The van der Waals surface area contributed by atoms with Crippen LogP contribution in [0, 0.1) is 13.8 Å². The quantitative estimate of drug-likeness (QED) is 0.768. The van der Waals surface area contributed by atoms with E-state index in [1.165, 1.54) is 0 Å². The number of nitrogen functional groups attached to an aromatic ring is 1. The number of benzene rings is 1. The van der Waals surface area contributed by atoms with Crippen LogP contribution in [-0.4, -0.2) is 9.97 Å². The van der Waals surface area contributed by atoms with Crippen LogP contribution >= 0.6 is 0 Å². The third-order valence-corrected chi connectivity index (χ3v) is 3.16. The Morgan fingerprint density at radius 1 is 1.10 bits per heavy atom. The molecule has 3 rings (SSSR count). The molecule has 0 radical (unpaired) electrons. The molecular weight excluding hydrogens is 250 g/mol. The van der Waals surface area contributed by atoms with Crippen molar-refractivity contribution < 1.29 is 4.74 Å². The van der Waals surface area contributed by atoms with E-state index >= 15 is 0 Å².